The van der Waals surface area contributed by atoms with Crippen LogP contribution in [0.25, 0.3) is 17.6 Å². The Morgan fingerprint density at radius 1 is 1.14 bits per heavy atom. The minimum Gasteiger partial charge on any atom is -0.291 e. The number of rotatable bonds is 3. The van der Waals surface area contributed by atoms with E-state index in [1.807, 2.05) is 0 Å². The van der Waals surface area contributed by atoms with Crippen LogP contribution < -0.4 is 0 Å². The molecule has 1 aliphatic heterocycles. The average Bonchev–Trinajstić information content (AvgIpc) is 3.37. The Morgan fingerprint density at radius 3 is 2.43 bits per heavy atom. The first-order valence-electron chi connectivity index (χ1n) is 8.43. The molecule has 8 nitrogen and oxygen atoms in total. The first kappa shape index (κ1) is 18.1. The summed E-state index contributed by atoms with van der Waals surface area (Å²) < 4.78 is 40.7. The van der Waals surface area contributed by atoms with Gasteiger partial charge in [-0.2, -0.15) is 13.2 Å². The molecular formula is C17H15F3N6O2. The molecule has 1 saturated heterocycles. The molecule has 0 radical (unpaired) electrons. The molecule has 2 aromatic rings. The lowest BCUT2D eigenvalue weighted by Crippen LogP contribution is -2.27. The standard InChI is InChI=1S/C17H15F3N6O2/c1-24-12(15(27)25(2)16(24)28)7-26-8-21-14(23-26)10-5-11(9-3-4-9)22-13(6-10)17(18,19)20/h5-9H,3-4H2,1-2H3/b12-7-. The van der Waals surface area contributed by atoms with Crippen molar-refractivity contribution < 1.29 is 22.8 Å². The topological polar surface area (TPSA) is 84.2 Å². The van der Waals surface area contributed by atoms with Crippen molar-refractivity contribution >= 4 is 18.1 Å². The highest BCUT2D eigenvalue weighted by atomic mass is 19.4. The summed E-state index contributed by atoms with van der Waals surface area (Å²) in [5.41, 5.74) is -0.342. The highest BCUT2D eigenvalue weighted by Crippen LogP contribution is 2.41. The summed E-state index contributed by atoms with van der Waals surface area (Å²) in [6.07, 6.45) is -0.409. The van der Waals surface area contributed by atoms with Gasteiger partial charge in [0.15, 0.2) is 5.82 Å². The van der Waals surface area contributed by atoms with E-state index in [0.29, 0.717) is 5.69 Å². The van der Waals surface area contributed by atoms with Crippen molar-refractivity contribution in [3.63, 3.8) is 0 Å². The highest BCUT2D eigenvalue weighted by Gasteiger charge is 2.37. The number of carbonyl (C=O) groups excluding carboxylic acids is 2. The quantitative estimate of drug-likeness (QED) is 0.592. The number of carbonyl (C=O) groups is 2. The van der Waals surface area contributed by atoms with Crippen molar-refractivity contribution in [3.05, 3.63) is 35.5 Å². The van der Waals surface area contributed by atoms with E-state index in [1.165, 1.54) is 31.3 Å². The summed E-state index contributed by atoms with van der Waals surface area (Å²) >= 11 is 0. The van der Waals surface area contributed by atoms with Crippen LogP contribution in [0.1, 0.15) is 30.1 Å². The van der Waals surface area contributed by atoms with Crippen LogP contribution >= 0.6 is 0 Å². The second-order valence-corrected chi connectivity index (χ2v) is 6.71. The molecule has 0 unspecified atom stereocenters. The smallest absolute Gasteiger partial charge is 0.291 e. The zero-order chi connectivity index (χ0) is 20.2. The fourth-order valence-corrected chi connectivity index (χ4v) is 2.88. The Bertz CT molecular complexity index is 1010. The summed E-state index contributed by atoms with van der Waals surface area (Å²) in [7, 11) is 2.79. The molecule has 3 amide bonds. The molecule has 146 valence electrons. The Kier molecular flexibility index (Phi) is 3.98. The summed E-state index contributed by atoms with van der Waals surface area (Å²) in [5.74, 6) is -0.417. The monoisotopic (exact) mass is 392 g/mol. The number of urea groups is 1. The molecule has 2 aromatic heterocycles. The molecule has 11 heteroatoms. The van der Waals surface area contributed by atoms with Gasteiger partial charge in [0.1, 0.15) is 17.7 Å². The summed E-state index contributed by atoms with van der Waals surface area (Å²) in [6.45, 7) is 0. The molecule has 0 bridgehead atoms. The van der Waals surface area contributed by atoms with Crippen LogP contribution in [0.5, 0.6) is 0 Å². The Labute approximate surface area is 157 Å². The van der Waals surface area contributed by atoms with Gasteiger partial charge in [-0.05, 0) is 25.0 Å². The Balaban J connectivity index is 1.70. The minimum absolute atomic E-state index is 0.0246. The molecule has 1 saturated carbocycles. The molecule has 0 atom stereocenters. The van der Waals surface area contributed by atoms with E-state index >= 15 is 0 Å². The van der Waals surface area contributed by atoms with E-state index in [9.17, 15) is 22.8 Å². The number of aromatic nitrogens is 4. The summed E-state index contributed by atoms with van der Waals surface area (Å²) in [6, 6.07) is 1.97. The fourth-order valence-electron chi connectivity index (χ4n) is 2.88. The number of nitrogens with zero attached hydrogens (tertiary/aromatic N) is 6. The van der Waals surface area contributed by atoms with Crippen LogP contribution in [0.2, 0.25) is 0 Å². The molecule has 0 aromatic carbocycles. The molecule has 1 aliphatic carbocycles. The number of halogens is 3. The lowest BCUT2D eigenvalue weighted by molar-refractivity contribution is -0.141. The summed E-state index contributed by atoms with van der Waals surface area (Å²) in [4.78, 5) is 33.8. The molecule has 4 rings (SSSR count). The van der Waals surface area contributed by atoms with E-state index in [0.717, 1.165) is 28.7 Å². The van der Waals surface area contributed by atoms with Crippen LogP contribution in [-0.2, 0) is 11.0 Å². The largest absolute Gasteiger partial charge is 0.433 e. The van der Waals surface area contributed by atoms with Gasteiger partial charge < -0.3 is 0 Å². The molecule has 2 aliphatic rings. The van der Waals surface area contributed by atoms with Crippen molar-refractivity contribution in [2.45, 2.75) is 24.9 Å². The average molecular weight is 392 g/mol. The predicted molar refractivity (Wildman–Crippen MR) is 90.4 cm³/mol. The molecule has 3 heterocycles. The van der Waals surface area contributed by atoms with Gasteiger partial charge in [0.05, 0.1) is 6.20 Å². The van der Waals surface area contributed by atoms with Gasteiger partial charge in [0, 0.05) is 31.3 Å². The van der Waals surface area contributed by atoms with Gasteiger partial charge in [-0.3, -0.25) is 14.6 Å². The van der Waals surface area contributed by atoms with E-state index in [-0.39, 0.29) is 23.0 Å². The van der Waals surface area contributed by atoms with Crippen LogP contribution in [0.4, 0.5) is 18.0 Å². The maximum Gasteiger partial charge on any atom is 0.433 e. The van der Waals surface area contributed by atoms with E-state index in [4.69, 9.17) is 0 Å². The van der Waals surface area contributed by atoms with Gasteiger partial charge in [0.2, 0.25) is 0 Å². The zero-order valence-electron chi connectivity index (χ0n) is 14.9. The van der Waals surface area contributed by atoms with Crippen molar-refractivity contribution in [3.8, 4) is 11.4 Å². The molecular weight excluding hydrogens is 377 g/mol. The number of imide groups is 1. The molecule has 0 spiro atoms. The maximum atomic E-state index is 13.2. The van der Waals surface area contributed by atoms with Crippen LogP contribution in [0.15, 0.2) is 24.2 Å². The van der Waals surface area contributed by atoms with Crippen LogP contribution in [0, 0.1) is 0 Å². The second kappa shape index (κ2) is 6.14. The Morgan fingerprint density at radius 2 is 1.86 bits per heavy atom. The van der Waals surface area contributed by atoms with E-state index < -0.39 is 23.8 Å². The van der Waals surface area contributed by atoms with Crippen molar-refractivity contribution in [2.24, 2.45) is 0 Å². The Hall–Kier alpha value is -3.24. The van der Waals surface area contributed by atoms with Gasteiger partial charge in [-0.1, -0.05) is 0 Å². The number of likely N-dealkylation sites (N-methyl/N-ethyl adjacent to an activating group) is 2. The van der Waals surface area contributed by atoms with Gasteiger partial charge >= 0.3 is 12.2 Å². The molecule has 2 fully saturated rings. The van der Waals surface area contributed by atoms with Crippen molar-refractivity contribution in [1.82, 2.24) is 29.5 Å². The first-order chi connectivity index (χ1) is 13.1. The van der Waals surface area contributed by atoms with Gasteiger partial charge in [0.25, 0.3) is 5.91 Å². The number of hydrogen-bond acceptors (Lipinski definition) is 5. The highest BCUT2D eigenvalue weighted by molar-refractivity contribution is 6.12. The van der Waals surface area contributed by atoms with E-state index in [2.05, 4.69) is 15.1 Å². The number of alkyl halides is 3. The van der Waals surface area contributed by atoms with Crippen molar-refractivity contribution in [2.75, 3.05) is 14.1 Å². The fraction of sp³-hybridized carbons (Fsp3) is 0.353. The number of pyridine rings is 1. The SMILES string of the molecule is CN1C(=O)/C(=C/n2cnc(-c3cc(C4CC4)nc(C(F)(F)F)c3)n2)N(C)C1=O. The molecule has 0 N–H and O–H groups in total. The lowest BCUT2D eigenvalue weighted by Gasteiger charge is -2.09. The molecule has 28 heavy (non-hydrogen) atoms. The van der Waals surface area contributed by atoms with Crippen molar-refractivity contribution in [1.29, 1.82) is 0 Å². The number of amides is 3. The van der Waals surface area contributed by atoms with Crippen LogP contribution in [0.3, 0.4) is 0 Å². The van der Waals surface area contributed by atoms with Gasteiger partial charge in [-0.15, -0.1) is 5.10 Å². The second-order valence-electron chi connectivity index (χ2n) is 6.71. The predicted octanol–water partition coefficient (Wildman–Crippen LogP) is 2.56. The zero-order valence-corrected chi connectivity index (χ0v) is 14.9. The third-order valence-corrected chi connectivity index (χ3v) is 4.61. The van der Waals surface area contributed by atoms with Crippen LogP contribution in [-0.4, -0.2) is 55.6 Å². The maximum absolute atomic E-state index is 13.2. The number of hydrogen-bond donors (Lipinski definition) is 0. The van der Waals surface area contributed by atoms with E-state index in [1.54, 1.807) is 6.07 Å². The normalized spacial score (nSPS) is 19.2. The minimum atomic E-state index is -4.58. The third kappa shape index (κ3) is 3.12. The summed E-state index contributed by atoms with van der Waals surface area (Å²) in [5, 5.41) is 4.13. The lowest BCUT2D eigenvalue weighted by atomic mass is 10.1. The third-order valence-electron chi connectivity index (χ3n) is 4.61. The van der Waals surface area contributed by atoms with Gasteiger partial charge in [-0.25, -0.2) is 19.4 Å². The first-order valence-corrected chi connectivity index (χ1v) is 8.43.